The molecule has 1 fully saturated rings. The van der Waals surface area contributed by atoms with Crippen LogP contribution in [0.2, 0.25) is 0 Å². The van der Waals surface area contributed by atoms with Crippen molar-refractivity contribution in [2.45, 2.75) is 47.1 Å². The predicted molar refractivity (Wildman–Crippen MR) is 54.2 cm³/mol. The predicted octanol–water partition coefficient (Wildman–Crippen LogP) is 2.67. The van der Waals surface area contributed by atoms with Gasteiger partial charge in [-0.25, -0.2) is 0 Å². The molecule has 0 bridgehead atoms. The van der Waals surface area contributed by atoms with Crippen molar-refractivity contribution in [1.82, 2.24) is 5.32 Å². The third kappa shape index (κ3) is 2.22. The van der Waals surface area contributed by atoms with Crippen LogP contribution in [0.1, 0.15) is 41.0 Å². The lowest BCUT2D eigenvalue weighted by atomic mass is 9.82. The zero-order valence-corrected chi connectivity index (χ0v) is 9.15. The van der Waals surface area contributed by atoms with Crippen molar-refractivity contribution in [3.05, 3.63) is 0 Å². The van der Waals surface area contributed by atoms with Crippen molar-refractivity contribution in [1.29, 1.82) is 0 Å². The second kappa shape index (κ2) is 3.37. The minimum absolute atomic E-state index is 0.434. The largest absolute Gasteiger partial charge is 0.313 e. The molecule has 0 aromatic carbocycles. The van der Waals surface area contributed by atoms with Crippen molar-refractivity contribution in [2.24, 2.45) is 17.3 Å². The zero-order chi connectivity index (χ0) is 9.35. The average Bonchev–Trinajstić information content (AvgIpc) is 2.30. The Morgan fingerprint density at radius 2 is 1.83 bits per heavy atom. The first-order valence-electron chi connectivity index (χ1n) is 5.14. The molecule has 1 aliphatic heterocycles. The molecule has 1 nitrogen and oxygen atoms in total. The van der Waals surface area contributed by atoms with Gasteiger partial charge < -0.3 is 5.32 Å². The molecular formula is C11H23N. The van der Waals surface area contributed by atoms with Crippen LogP contribution in [0, 0.1) is 17.3 Å². The summed E-state index contributed by atoms with van der Waals surface area (Å²) in [6.45, 7) is 12.9. The maximum Gasteiger partial charge on any atom is 0.0119 e. The molecule has 0 amide bonds. The molecule has 1 heterocycles. The number of hydrogen-bond donors (Lipinski definition) is 1. The van der Waals surface area contributed by atoms with E-state index in [1.54, 1.807) is 0 Å². The fourth-order valence-corrected chi connectivity index (χ4v) is 1.93. The average molecular weight is 169 g/mol. The Morgan fingerprint density at radius 1 is 1.25 bits per heavy atom. The number of nitrogens with one attached hydrogen (secondary N) is 1. The van der Waals surface area contributed by atoms with Gasteiger partial charge in [0, 0.05) is 6.04 Å². The van der Waals surface area contributed by atoms with Crippen molar-refractivity contribution in [3.63, 3.8) is 0 Å². The molecule has 72 valence electrons. The fourth-order valence-electron chi connectivity index (χ4n) is 1.93. The summed E-state index contributed by atoms with van der Waals surface area (Å²) >= 11 is 0. The highest BCUT2D eigenvalue weighted by Crippen LogP contribution is 2.31. The van der Waals surface area contributed by atoms with Gasteiger partial charge in [0.25, 0.3) is 0 Å². The normalized spacial score (nSPS) is 31.5. The maximum absolute atomic E-state index is 3.63. The van der Waals surface area contributed by atoms with Crippen LogP contribution in [-0.4, -0.2) is 12.6 Å². The van der Waals surface area contributed by atoms with Crippen LogP contribution in [0.25, 0.3) is 0 Å². The van der Waals surface area contributed by atoms with Gasteiger partial charge in [0.2, 0.25) is 0 Å². The van der Waals surface area contributed by atoms with Crippen LogP contribution in [0.3, 0.4) is 0 Å². The van der Waals surface area contributed by atoms with E-state index in [0.717, 1.165) is 17.9 Å². The summed E-state index contributed by atoms with van der Waals surface area (Å²) in [5.41, 5.74) is 0.434. The fraction of sp³-hybridized carbons (Fsp3) is 1.00. The highest BCUT2D eigenvalue weighted by molar-refractivity contribution is 4.90. The molecule has 2 unspecified atom stereocenters. The van der Waals surface area contributed by atoms with Gasteiger partial charge >= 0.3 is 0 Å². The van der Waals surface area contributed by atoms with Crippen LogP contribution in [-0.2, 0) is 0 Å². The highest BCUT2D eigenvalue weighted by Gasteiger charge is 2.33. The van der Waals surface area contributed by atoms with Crippen molar-refractivity contribution < 1.29 is 0 Å². The van der Waals surface area contributed by atoms with Crippen LogP contribution in [0.15, 0.2) is 0 Å². The summed E-state index contributed by atoms with van der Waals surface area (Å²) in [7, 11) is 0. The van der Waals surface area contributed by atoms with E-state index in [0.29, 0.717) is 5.41 Å². The van der Waals surface area contributed by atoms with Gasteiger partial charge in [-0.1, -0.05) is 34.6 Å². The van der Waals surface area contributed by atoms with Gasteiger partial charge in [-0.15, -0.1) is 0 Å². The van der Waals surface area contributed by atoms with Gasteiger partial charge in [-0.05, 0) is 30.2 Å². The van der Waals surface area contributed by atoms with Crippen molar-refractivity contribution in [2.75, 3.05) is 6.54 Å². The lowest BCUT2D eigenvalue weighted by Gasteiger charge is -2.27. The first-order valence-corrected chi connectivity index (χ1v) is 5.14. The summed E-state index contributed by atoms with van der Waals surface area (Å²) in [6.07, 6.45) is 1.36. The standard InChI is InChI=1S/C11H23N/c1-8(2)9-6-10(12-7-9)11(3,4)5/h8-10,12H,6-7H2,1-5H3. The Hall–Kier alpha value is -0.0400. The molecule has 0 radical (unpaired) electrons. The van der Waals surface area contributed by atoms with Crippen LogP contribution < -0.4 is 5.32 Å². The first-order chi connectivity index (χ1) is 5.41. The third-order valence-electron chi connectivity index (χ3n) is 3.15. The molecule has 0 saturated carbocycles. The minimum Gasteiger partial charge on any atom is -0.313 e. The van der Waals surface area contributed by atoms with E-state index >= 15 is 0 Å². The molecular weight excluding hydrogens is 146 g/mol. The number of hydrogen-bond acceptors (Lipinski definition) is 1. The van der Waals surface area contributed by atoms with Gasteiger partial charge in [0.15, 0.2) is 0 Å². The van der Waals surface area contributed by atoms with Crippen LogP contribution in [0.4, 0.5) is 0 Å². The molecule has 1 saturated heterocycles. The molecule has 1 rings (SSSR count). The van der Waals surface area contributed by atoms with Gasteiger partial charge in [-0.2, -0.15) is 0 Å². The Labute approximate surface area is 76.9 Å². The zero-order valence-electron chi connectivity index (χ0n) is 9.15. The minimum atomic E-state index is 0.434. The summed E-state index contributed by atoms with van der Waals surface area (Å²) in [4.78, 5) is 0. The molecule has 0 aromatic heterocycles. The van der Waals surface area contributed by atoms with E-state index in [4.69, 9.17) is 0 Å². The molecule has 2 atom stereocenters. The maximum atomic E-state index is 3.63. The third-order valence-corrected chi connectivity index (χ3v) is 3.15. The Kier molecular flexibility index (Phi) is 2.82. The van der Waals surface area contributed by atoms with E-state index in [1.807, 2.05) is 0 Å². The summed E-state index contributed by atoms with van der Waals surface area (Å²) in [6, 6.07) is 0.727. The van der Waals surface area contributed by atoms with Gasteiger partial charge in [0.1, 0.15) is 0 Å². The van der Waals surface area contributed by atoms with E-state index in [9.17, 15) is 0 Å². The molecule has 0 aliphatic carbocycles. The SMILES string of the molecule is CC(C)C1CNC(C(C)(C)C)C1. The highest BCUT2D eigenvalue weighted by atomic mass is 15.0. The Balaban J connectivity index is 2.46. The topological polar surface area (TPSA) is 12.0 Å². The smallest absolute Gasteiger partial charge is 0.0119 e. The van der Waals surface area contributed by atoms with Gasteiger partial charge in [0.05, 0.1) is 0 Å². The Morgan fingerprint density at radius 3 is 2.08 bits per heavy atom. The van der Waals surface area contributed by atoms with Crippen molar-refractivity contribution >= 4 is 0 Å². The van der Waals surface area contributed by atoms with Crippen molar-refractivity contribution in [3.8, 4) is 0 Å². The second-order valence-electron chi connectivity index (χ2n) is 5.57. The molecule has 12 heavy (non-hydrogen) atoms. The molecule has 0 spiro atoms. The lowest BCUT2D eigenvalue weighted by molar-refractivity contribution is 0.282. The van der Waals surface area contributed by atoms with Crippen LogP contribution >= 0.6 is 0 Å². The Bertz CT molecular complexity index is 144. The van der Waals surface area contributed by atoms with E-state index in [1.165, 1.54) is 13.0 Å². The van der Waals surface area contributed by atoms with Gasteiger partial charge in [-0.3, -0.25) is 0 Å². The summed E-state index contributed by atoms with van der Waals surface area (Å²) in [5.74, 6) is 1.74. The second-order valence-corrected chi connectivity index (χ2v) is 5.57. The monoisotopic (exact) mass is 169 g/mol. The molecule has 1 N–H and O–H groups in total. The molecule has 1 heteroatoms. The molecule has 1 aliphatic rings. The van der Waals surface area contributed by atoms with E-state index in [-0.39, 0.29) is 0 Å². The molecule has 0 aromatic rings. The quantitative estimate of drug-likeness (QED) is 0.636. The van der Waals surface area contributed by atoms with E-state index < -0.39 is 0 Å². The van der Waals surface area contributed by atoms with Crippen LogP contribution in [0.5, 0.6) is 0 Å². The summed E-state index contributed by atoms with van der Waals surface area (Å²) < 4.78 is 0. The first kappa shape index (κ1) is 10.0. The van der Waals surface area contributed by atoms with E-state index in [2.05, 4.69) is 39.9 Å². The summed E-state index contributed by atoms with van der Waals surface area (Å²) in [5, 5.41) is 3.63. The lowest BCUT2D eigenvalue weighted by Crippen LogP contribution is -2.34. The number of rotatable bonds is 1.